The molecular formula is C32H50O4. The van der Waals surface area contributed by atoms with Gasteiger partial charge in [-0.15, -0.1) is 0 Å². The first-order valence-corrected chi connectivity index (χ1v) is 14.7. The van der Waals surface area contributed by atoms with Crippen molar-refractivity contribution in [3.05, 3.63) is 11.1 Å². The van der Waals surface area contributed by atoms with Crippen LogP contribution in [-0.4, -0.2) is 24.1 Å². The van der Waals surface area contributed by atoms with Crippen molar-refractivity contribution in [2.24, 2.45) is 45.3 Å². The molecule has 4 heteroatoms. The van der Waals surface area contributed by atoms with E-state index in [1.165, 1.54) is 38.0 Å². The standard InChI is InChI=1S/C32H50O4/c1-20(2)10-9-11-21(3)23-14-17-32(19-33)24-12-13-26-29(5,6)27(36-22(4)34)15-16-30(26,7)28(24)25(35)18-31(23,32)8/h19-21,23,26-27H,9-18H2,1-8H3/t21-,23-,26+,27+,30+,31-,32-/m1/s1. The van der Waals surface area contributed by atoms with Gasteiger partial charge in [-0.1, -0.05) is 67.7 Å². The fraction of sp³-hybridized carbons (Fsp3) is 0.844. The van der Waals surface area contributed by atoms with E-state index >= 15 is 0 Å². The summed E-state index contributed by atoms with van der Waals surface area (Å²) >= 11 is 0. The second-order valence-electron chi connectivity index (χ2n) is 14.4. The van der Waals surface area contributed by atoms with Gasteiger partial charge in [-0.25, -0.2) is 0 Å². The van der Waals surface area contributed by atoms with Gasteiger partial charge in [-0.05, 0) is 78.6 Å². The molecule has 0 spiro atoms. The van der Waals surface area contributed by atoms with Crippen LogP contribution in [0.15, 0.2) is 11.1 Å². The van der Waals surface area contributed by atoms with Gasteiger partial charge in [0, 0.05) is 24.3 Å². The number of carbonyl (C=O) groups excluding carboxylic acids is 3. The molecule has 4 nitrogen and oxygen atoms in total. The van der Waals surface area contributed by atoms with Gasteiger partial charge in [0.1, 0.15) is 12.4 Å². The van der Waals surface area contributed by atoms with Crippen molar-refractivity contribution in [1.82, 2.24) is 0 Å². The molecule has 0 aliphatic heterocycles. The van der Waals surface area contributed by atoms with E-state index in [0.717, 1.165) is 44.1 Å². The summed E-state index contributed by atoms with van der Waals surface area (Å²) in [6.45, 7) is 17.4. The Kier molecular flexibility index (Phi) is 7.19. The molecule has 2 fully saturated rings. The first-order chi connectivity index (χ1) is 16.7. The third-order valence-electron chi connectivity index (χ3n) is 11.6. The molecule has 0 aromatic rings. The minimum Gasteiger partial charge on any atom is -0.462 e. The molecule has 4 aliphatic carbocycles. The molecule has 0 saturated heterocycles. The summed E-state index contributed by atoms with van der Waals surface area (Å²) in [5.74, 6) is 1.97. The summed E-state index contributed by atoms with van der Waals surface area (Å²) in [5.41, 5.74) is 0.923. The topological polar surface area (TPSA) is 60.4 Å². The molecule has 4 aliphatic rings. The smallest absolute Gasteiger partial charge is 0.302 e. The van der Waals surface area contributed by atoms with E-state index in [9.17, 15) is 14.4 Å². The molecule has 0 heterocycles. The van der Waals surface area contributed by atoms with E-state index in [2.05, 4.69) is 48.5 Å². The largest absolute Gasteiger partial charge is 0.462 e. The number of ketones is 1. The van der Waals surface area contributed by atoms with Crippen LogP contribution in [0.1, 0.15) is 120 Å². The number of hydrogen-bond acceptors (Lipinski definition) is 4. The van der Waals surface area contributed by atoms with Gasteiger partial charge >= 0.3 is 5.97 Å². The fourth-order valence-corrected chi connectivity index (χ4v) is 9.87. The SMILES string of the molecule is CC(=O)O[C@H]1CC[C@]2(C)C3=C(CC[C@H]2C1(C)C)[C@]1(C=O)CC[C@H]([C@H](C)CCCC(C)C)[C@@]1(C)CC3=O. The Bertz CT molecular complexity index is 944. The molecule has 0 radical (unpaired) electrons. The van der Waals surface area contributed by atoms with E-state index in [1.54, 1.807) is 0 Å². The second-order valence-corrected chi connectivity index (χ2v) is 14.4. The van der Waals surface area contributed by atoms with Gasteiger partial charge in [0.15, 0.2) is 5.78 Å². The zero-order chi connectivity index (χ0) is 26.7. The van der Waals surface area contributed by atoms with Crippen molar-refractivity contribution in [3.63, 3.8) is 0 Å². The van der Waals surface area contributed by atoms with Crippen LogP contribution < -0.4 is 0 Å². The lowest BCUT2D eigenvalue weighted by Gasteiger charge is -2.61. The van der Waals surface area contributed by atoms with Gasteiger partial charge in [0.05, 0.1) is 5.41 Å². The zero-order valence-electron chi connectivity index (χ0n) is 24.2. The van der Waals surface area contributed by atoms with Crippen LogP contribution in [0, 0.1) is 45.3 Å². The first-order valence-electron chi connectivity index (χ1n) is 14.7. The van der Waals surface area contributed by atoms with E-state index in [-0.39, 0.29) is 34.2 Å². The number of fused-ring (bicyclic) bond motifs is 4. The Balaban J connectivity index is 1.71. The highest BCUT2D eigenvalue weighted by Crippen LogP contribution is 2.71. The zero-order valence-corrected chi connectivity index (χ0v) is 24.2. The number of rotatable bonds is 7. The highest BCUT2D eigenvalue weighted by molar-refractivity contribution is 6.01. The maximum absolute atomic E-state index is 14.2. The van der Waals surface area contributed by atoms with Crippen molar-refractivity contribution in [2.45, 2.75) is 126 Å². The van der Waals surface area contributed by atoms with Crippen LogP contribution in [0.3, 0.4) is 0 Å². The van der Waals surface area contributed by atoms with Crippen LogP contribution in [0.5, 0.6) is 0 Å². The van der Waals surface area contributed by atoms with Crippen LogP contribution in [-0.2, 0) is 19.1 Å². The van der Waals surface area contributed by atoms with Gasteiger partial charge in [-0.3, -0.25) is 9.59 Å². The summed E-state index contributed by atoms with van der Waals surface area (Å²) in [5, 5.41) is 0. The molecule has 0 aromatic heterocycles. The van der Waals surface area contributed by atoms with E-state index in [4.69, 9.17) is 4.74 Å². The van der Waals surface area contributed by atoms with Gasteiger partial charge < -0.3 is 9.53 Å². The van der Waals surface area contributed by atoms with Crippen molar-refractivity contribution < 1.29 is 19.1 Å². The maximum atomic E-state index is 14.2. The summed E-state index contributed by atoms with van der Waals surface area (Å²) in [6, 6.07) is 0. The minimum absolute atomic E-state index is 0.123. The van der Waals surface area contributed by atoms with Gasteiger partial charge in [-0.2, -0.15) is 0 Å². The Labute approximate surface area is 219 Å². The molecule has 2 saturated carbocycles. The number of allylic oxidation sites excluding steroid dienone is 2. The average Bonchev–Trinajstić information content (AvgIpc) is 3.07. The lowest BCUT2D eigenvalue weighted by atomic mass is 9.43. The van der Waals surface area contributed by atoms with E-state index in [1.807, 2.05) is 0 Å². The first kappa shape index (κ1) is 27.6. The number of aldehydes is 1. The summed E-state index contributed by atoms with van der Waals surface area (Å²) in [6.07, 6.45) is 10.6. The monoisotopic (exact) mass is 498 g/mol. The summed E-state index contributed by atoms with van der Waals surface area (Å²) in [7, 11) is 0. The Hall–Kier alpha value is -1.45. The normalized spacial score (nSPS) is 40.4. The van der Waals surface area contributed by atoms with Crippen LogP contribution in [0.4, 0.5) is 0 Å². The highest BCUT2D eigenvalue weighted by Gasteiger charge is 2.67. The Morgan fingerprint density at radius 1 is 1.06 bits per heavy atom. The molecule has 7 atom stereocenters. The molecule has 0 bridgehead atoms. The van der Waals surface area contributed by atoms with Crippen molar-refractivity contribution in [1.29, 1.82) is 0 Å². The number of hydrogen-bond donors (Lipinski definition) is 0. The third-order valence-corrected chi connectivity index (χ3v) is 11.6. The molecule has 0 unspecified atom stereocenters. The summed E-state index contributed by atoms with van der Waals surface area (Å²) in [4.78, 5) is 39.2. The second kappa shape index (κ2) is 9.38. The summed E-state index contributed by atoms with van der Waals surface area (Å²) < 4.78 is 5.78. The molecule has 0 N–H and O–H groups in total. The van der Waals surface area contributed by atoms with E-state index in [0.29, 0.717) is 30.0 Å². The molecule has 4 rings (SSSR count). The van der Waals surface area contributed by atoms with Crippen LogP contribution in [0.2, 0.25) is 0 Å². The Morgan fingerprint density at radius 3 is 2.36 bits per heavy atom. The van der Waals surface area contributed by atoms with Crippen LogP contribution >= 0.6 is 0 Å². The molecule has 202 valence electrons. The lowest BCUT2D eigenvalue weighted by molar-refractivity contribution is -0.168. The minimum atomic E-state index is -0.502. The number of carbonyl (C=O) groups is 3. The highest BCUT2D eigenvalue weighted by atomic mass is 16.5. The maximum Gasteiger partial charge on any atom is 0.302 e. The molecule has 0 amide bonds. The fourth-order valence-electron chi connectivity index (χ4n) is 9.87. The molecule has 36 heavy (non-hydrogen) atoms. The quantitative estimate of drug-likeness (QED) is 0.269. The van der Waals surface area contributed by atoms with Crippen LogP contribution in [0.25, 0.3) is 0 Å². The lowest BCUT2D eigenvalue weighted by Crippen LogP contribution is -2.58. The van der Waals surface area contributed by atoms with Crippen molar-refractivity contribution in [3.8, 4) is 0 Å². The average molecular weight is 499 g/mol. The third kappa shape index (κ3) is 3.95. The molecular weight excluding hydrogens is 448 g/mol. The predicted octanol–water partition coefficient (Wildman–Crippen LogP) is 7.49. The van der Waals surface area contributed by atoms with Crippen molar-refractivity contribution >= 4 is 18.0 Å². The Morgan fingerprint density at radius 2 is 1.75 bits per heavy atom. The number of ether oxygens (including phenoxy) is 1. The number of Topliss-reactive ketones (excluding diaryl/α,β-unsaturated/α-hetero) is 1. The van der Waals surface area contributed by atoms with Gasteiger partial charge in [0.25, 0.3) is 0 Å². The number of esters is 1. The van der Waals surface area contributed by atoms with Gasteiger partial charge in [0.2, 0.25) is 0 Å². The van der Waals surface area contributed by atoms with Crippen molar-refractivity contribution in [2.75, 3.05) is 0 Å². The predicted molar refractivity (Wildman–Crippen MR) is 143 cm³/mol. The van der Waals surface area contributed by atoms with E-state index < -0.39 is 5.41 Å². The molecule has 0 aromatic carbocycles.